The van der Waals surface area contributed by atoms with Gasteiger partial charge in [-0.3, -0.25) is 0 Å². The molecule has 0 aromatic rings. The molecule has 3 aliphatic rings. The van der Waals surface area contributed by atoms with Crippen LogP contribution in [0.25, 0.3) is 0 Å². The van der Waals surface area contributed by atoms with Crippen LogP contribution in [0.5, 0.6) is 0 Å². The maximum Gasteiger partial charge on any atom is 0.0145 e. The van der Waals surface area contributed by atoms with Crippen molar-refractivity contribution in [3.05, 3.63) is 0 Å². The van der Waals surface area contributed by atoms with Crippen LogP contribution >= 0.6 is 12.4 Å². The van der Waals surface area contributed by atoms with Crippen molar-refractivity contribution in [3.8, 4) is 0 Å². The minimum atomic E-state index is 0. The monoisotopic (exact) mass is 287 g/mol. The number of halogens is 1. The first-order chi connectivity index (χ1) is 8.66. The molecule has 19 heavy (non-hydrogen) atoms. The van der Waals surface area contributed by atoms with Crippen LogP contribution in [0.1, 0.15) is 32.6 Å². The molecule has 3 fully saturated rings. The molecule has 112 valence electrons. The Morgan fingerprint density at radius 3 is 2.84 bits per heavy atom. The van der Waals surface area contributed by atoms with Crippen molar-refractivity contribution in [1.82, 2.24) is 15.1 Å². The number of nitrogens with one attached hydrogen (secondary N) is 1. The summed E-state index contributed by atoms with van der Waals surface area (Å²) in [5.41, 5.74) is 0.535. The van der Waals surface area contributed by atoms with Crippen molar-refractivity contribution < 1.29 is 0 Å². The van der Waals surface area contributed by atoms with Gasteiger partial charge in [-0.1, -0.05) is 6.92 Å². The quantitative estimate of drug-likeness (QED) is 0.836. The highest BCUT2D eigenvalue weighted by Gasteiger charge is 2.37. The van der Waals surface area contributed by atoms with Gasteiger partial charge in [0.2, 0.25) is 0 Å². The fourth-order valence-electron chi connectivity index (χ4n) is 4.41. The molecule has 0 radical (unpaired) electrons. The highest BCUT2D eigenvalue weighted by molar-refractivity contribution is 5.85. The molecular formula is C15H30ClN3. The first-order valence-corrected chi connectivity index (χ1v) is 7.80. The number of nitrogens with zero attached hydrogens (tertiary/aromatic N) is 2. The summed E-state index contributed by atoms with van der Waals surface area (Å²) in [5, 5.41) is 3.53. The van der Waals surface area contributed by atoms with E-state index in [1.165, 1.54) is 65.0 Å². The molecule has 3 atom stereocenters. The van der Waals surface area contributed by atoms with E-state index >= 15 is 0 Å². The first kappa shape index (κ1) is 15.6. The Kier molecular flexibility index (Phi) is 5.15. The summed E-state index contributed by atoms with van der Waals surface area (Å²) in [5.74, 6) is 0.940. The molecule has 0 amide bonds. The Morgan fingerprint density at radius 2 is 2.11 bits per heavy atom. The van der Waals surface area contributed by atoms with Gasteiger partial charge in [-0.2, -0.15) is 0 Å². The van der Waals surface area contributed by atoms with Crippen LogP contribution in [-0.2, 0) is 0 Å². The summed E-state index contributed by atoms with van der Waals surface area (Å²) in [4.78, 5) is 5.37. The number of fused-ring (bicyclic) bond motifs is 1. The van der Waals surface area contributed by atoms with Gasteiger partial charge in [-0.15, -0.1) is 12.4 Å². The van der Waals surface area contributed by atoms with Gasteiger partial charge in [-0.25, -0.2) is 0 Å². The van der Waals surface area contributed by atoms with Gasteiger partial charge < -0.3 is 15.1 Å². The Balaban J connectivity index is 0.00000133. The summed E-state index contributed by atoms with van der Waals surface area (Å²) in [7, 11) is 2.33. The van der Waals surface area contributed by atoms with Crippen molar-refractivity contribution in [2.24, 2.45) is 11.3 Å². The van der Waals surface area contributed by atoms with Crippen LogP contribution in [0.2, 0.25) is 0 Å². The zero-order valence-electron chi connectivity index (χ0n) is 12.5. The van der Waals surface area contributed by atoms with E-state index < -0.39 is 0 Å². The summed E-state index contributed by atoms with van der Waals surface area (Å²) in [6, 6.07) is 0.879. The van der Waals surface area contributed by atoms with Crippen LogP contribution < -0.4 is 5.32 Å². The summed E-state index contributed by atoms with van der Waals surface area (Å²) >= 11 is 0. The zero-order valence-corrected chi connectivity index (χ0v) is 13.3. The van der Waals surface area contributed by atoms with Crippen LogP contribution in [0.15, 0.2) is 0 Å². The van der Waals surface area contributed by atoms with Crippen LogP contribution in [-0.4, -0.2) is 62.2 Å². The first-order valence-electron chi connectivity index (χ1n) is 7.80. The highest BCUT2D eigenvalue weighted by atomic mass is 35.5. The fourth-order valence-corrected chi connectivity index (χ4v) is 4.41. The predicted octanol–water partition coefficient (Wildman–Crippen LogP) is 1.82. The molecule has 3 heterocycles. The molecular weight excluding hydrogens is 258 g/mol. The maximum atomic E-state index is 3.53. The van der Waals surface area contributed by atoms with E-state index in [-0.39, 0.29) is 12.4 Å². The van der Waals surface area contributed by atoms with E-state index in [2.05, 4.69) is 29.1 Å². The lowest BCUT2D eigenvalue weighted by Crippen LogP contribution is -2.54. The smallest absolute Gasteiger partial charge is 0.0145 e. The summed E-state index contributed by atoms with van der Waals surface area (Å²) < 4.78 is 0. The van der Waals surface area contributed by atoms with Crippen molar-refractivity contribution in [1.29, 1.82) is 0 Å². The second-order valence-electron chi connectivity index (χ2n) is 7.21. The third-order valence-corrected chi connectivity index (χ3v) is 5.49. The van der Waals surface area contributed by atoms with Crippen molar-refractivity contribution in [3.63, 3.8) is 0 Å². The van der Waals surface area contributed by atoms with E-state index in [0.29, 0.717) is 5.41 Å². The zero-order chi connectivity index (χ0) is 12.6. The van der Waals surface area contributed by atoms with E-state index in [0.717, 1.165) is 12.0 Å². The molecule has 1 N–H and O–H groups in total. The Morgan fingerprint density at radius 1 is 1.26 bits per heavy atom. The van der Waals surface area contributed by atoms with Gasteiger partial charge in [0, 0.05) is 25.7 Å². The number of hydrogen-bond donors (Lipinski definition) is 1. The Bertz CT molecular complexity index is 291. The highest BCUT2D eigenvalue weighted by Crippen LogP contribution is 2.32. The summed E-state index contributed by atoms with van der Waals surface area (Å²) in [6.07, 6.45) is 5.62. The predicted molar refractivity (Wildman–Crippen MR) is 83.0 cm³/mol. The minimum absolute atomic E-state index is 0. The molecule has 0 aromatic heterocycles. The average Bonchev–Trinajstić information content (AvgIpc) is 2.76. The SMILES string of the molecule is CN1CCCC2CN(CC3(C)CCNC3)CCC21.Cl. The third kappa shape index (κ3) is 3.44. The molecule has 0 saturated carbocycles. The summed E-state index contributed by atoms with van der Waals surface area (Å²) in [6.45, 7) is 10.2. The van der Waals surface area contributed by atoms with Crippen LogP contribution in [0.3, 0.4) is 0 Å². The van der Waals surface area contributed by atoms with Gasteiger partial charge in [0.05, 0.1) is 0 Å². The lowest BCUT2D eigenvalue weighted by Gasteiger charge is -2.47. The molecule has 3 rings (SSSR count). The van der Waals surface area contributed by atoms with Crippen molar-refractivity contribution in [2.75, 3.05) is 46.3 Å². The molecule has 0 spiro atoms. The van der Waals surface area contributed by atoms with Gasteiger partial charge >= 0.3 is 0 Å². The van der Waals surface area contributed by atoms with Crippen LogP contribution in [0, 0.1) is 11.3 Å². The Hall–Kier alpha value is 0.170. The number of piperidine rings is 2. The third-order valence-electron chi connectivity index (χ3n) is 5.49. The molecule has 0 aromatic carbocycles. The minimum Gasteiger partial charge on any atom is -0.316 e. The van der Waals surface area contributed by atoms with E-state index in [9.17, 15) is 0 Å². The number of hydrogen-bond acceptors (Lipinski definition) is 3. The molecule has 3 nitrogen and oxygen atoms in total. The Labute approximate surface area is 124 Å². The standard InChI is InChI=1S/C15H29N3.ClH/c1-15(6-7-16-11-15)12-18-9-5-14-13(10-18)4-3-8-17(14)2;/h13-14,16H,3-12H2,1-2H3;1H. The molecule has 0 bridgehead atoms. The molecule has 3 aliphatic heterocycles. The topological polar surface area (TPSA) is 18.5 Å². The maximum absolute atomic E-state index is 3.53. The van der Waals surface area contributed by atoms with Gasteiger partial charge in [0.1, 0.15) is 0 Å². The van der Waals surface area contributed by atoms with E-state index in [1.807, 2.05) is 0 Å². The lowest BCUT2D eigenvalue weighted by atomic mass is 9.82. The van der Waals surface area contributed by atoms with Crippen molar-refractivity contribution >= 4 is 12.4 Å². The second kappa shape index (κ2) is 6.30. The fraction of sp³-hybridized carbons (Fsp3) is 1.00. The average molecular weight is 288 g/mol. The van der Waals surface area contributed by atoms with Gasteiger partial charge in [0.15, 0.2) is 0 Å². The normalized spacial score (nSPS) is 40.7. The van der Waals surface area contributed by atoms with E-state index in [1.54, 1.807) is 0 Å². The molecule has 3 unspecified atom stereocenters. The largest absolute Gasteiger partial charge is 0.316 e. The number of likely N-dealkylation sites (tertiary alicyclic amines) is 2. The second-order valence-corrected chi connectivity index (χ2v) is 7.21. The molecule has 3 saturated heterocycles. The van der Waals surface area contributed by atoms with Crippen molar-refractivity contribution in [2.45, 2.75) is 38.6 Å². The lowest BCUT2D eigenvalue weighted by molar-refractivity contribution is 0.0241. The molecule has 0 aliphatic carbocycles. The van der Waals surface area contributed by atoms with Gasteiger partial charge in [-0.05, 0) is 63.7 Å². The van der Waals surface area contributed by atoms with E-state index in [4.69, 9.17) is 0 Å². The number of rotatable bonds is 2. The van der Waals surface area contributed by atoms with Gasteiger partial charge in [0.25, 0.3) is 0 Å². The molecule has 4 heteroatoms. The van der Waals surface area contributed by atoms with Crippen LogP contribution in [0.4, 0.5) is 0 Å².